The lowest BCUT2D eigenvalue weighted by Crippen LogP contribution is -2.49. The number of carbonyl (C=O) groups excluding carboxylic acids is 2. The second-order valence-corrected chi connectivity index (χ2v) is 6.47. The highest BCUT2D eigenvalue weighted by Gasteiger charge is 2.25. The number of carbonyl (C=O) groups is 2. The number of halogens is 1. The van der Waals surface area contributed by atoms with E-state index in [0.717, 1.165) is 5.56 Å². The maximum atomic E-state index is 13.0. The summed E-state index contributed by atoms with van der Waals surface area (Å²) in [5.41, 5.74) is 1.16. The zero-order valence-corrected chi connectivity index (χ0v) is 15.8. The Morgan fingerprint density at radius 1 is 1.07 bits per heavy atom. The number of rotatable bonds is 8. The van der Waals surface area contributed by atoms with Crippen molar-refractivity contribution in [2.45, 2.75) is 33.4 Å². The number of hydrogen-bond acceptors (Lipinski definition) is 3. The average molecular weight is 372 g/mol. The predicted octanol–water partition coefficient (Wildman–Crippen LogP) is 3.30. The third kappa shape index (κ3) is 5.81. The van der Waals surface area contributed by atoms with Crippen LogP contribution in [0.15, 0.2) is 48.5 Å². The summed E-state index contributed by atoms with van der Waals surface area (Å²) < 4.78 is 18.5. The summed E-state index contributed by atoms with van der Waals surface area (Å²) in [5, 5.41) is 5.57. The zero-order valence-electron chi connectivity index (χ0n) is 15.8. The van der Waals surface area contributed by atoms with Crippen LogP contribution in [0.3, 0.4) is 0 Å². The van der Waals surface area contributed by atoms with Crippen LogP contribution in [-0.2, 0) is 11.3 Å². The van der Waals surface area contributed by atoms with Crippen LogP contribution >= 0.6 is 0 Å². The quantitative estimate of drug-likeness (QED) is 0.747. The van der Waals surface area contributed by atoms with E-state index in [2.05, 4.69) is 10.6 Å². The van der Waals surface area contributed by atoms with Crippen molar-refractivity contribution in [3.8, 4) is 5.75 Å². The maximum absolute atomic E-state index is 13.0. The molecule has 0 saturated carbocycles. The van der Waals surface area contributed by atoms with E-state index in [9.17, 15) is 14.0 Å². The fraction of sp³-hybridized carbons (Fsp3) is 0.333. The van der Waals surface area contributed by atoms with E-state index in [0.29, 0.717) is 17.9 Å². The van der Waals surface area contributed by atoms with Gasteiger partial charge in [-0.25, -0.2) is 4.39 Å². The number of amides is 2. The standard InChI is InChI=1S/C21H25FN2O3/c1-4-27-18-8-6-5-7-17(18)20(25)24-19(14(2)3)21(26)23-13-15-9-11-16(22)12-10-15/h5-12,14,19H,4,13H2,1-3H3,(H,23,26)(H,24,25)/t19-/m0/s1. The van der Waals surface area contributed by atoms with Gasteiger partial charge in [0.2, 0.25) is 5.91 Å². The van der Waals surface area contributed by atoms with Crippen LogP contribution < -0.4 is 15.4 Å². The molecule has 0 heterocycles. The van der Waals surface area contributed by atoms with Crippen LogP contribution in [0.25, 0.3) is 0 Å². The summed E-state index contributed by atoms with van der Waals surface area (Å²) in [6.07, 6.45) is 0. The van der Waals surface area contributed by atoms with Crippen molar-refractivity contribution >= 4 is 11.8 Å². The van der Waals surface area contributed by atoms with Gasteiger partial charge in [0.15, 0.2) is 0 Å². The first-order chi connectivity index (χ1) is 12.9. The van der Waals surface area contributed by atoms with Gasteiger partial charge in [-0.1, -0.05) is 38.1 Å². The van der Waals surface area contributed by atoms with Crippen molar-refractivity contribution in [1.82, 2.24) is 10.6 Å². The Kier molecular flexibility index (Phi) is 7.34. The third-order valence-corrected chi connectivity index (χ3v) is 4.05. The van der Waals surface area contributed by atoms with Gasteiger partial charge in [-0.2, -0.15) is 0 Å². The average Bonchev–Trinajstić information content (AvgIpc) is 2.65. The van der Waals surface area contributed by atoms with Gasteiger partial charge >= 0.3 is 0 Å². The minimum absolute atomic E-state index is 0.110. The topological polar surface area (TPSA) is 67.4 Å². The van der Waals surface area contributed by atoms with Crippen molar-refractivity contribution in [3.05, 3.63) is 65.5 Å². The Morgan fingerprint density at radius 2 is 1.74 bits per heavy atom. The van der Waals surface area contributed by atoms with E-state index in [1.807, 2.05) is 20.8 Å². The molecule has 2 rings (SSSR count). The van der Waals surface area contributed by atoms with Gasteiger partial charge < -0.3 is 15.4 Å². The molecule has 0 aliphatic heterocycles. The first-order valence-corrected chi connectivity index (χ1v) is 8.97. The van der Waals surface area contributed by atoms with Gasteiger partial charge in [-0.15, -0.1) is 0 Å². The summed E-state index contributed by atoms with van der Waals surface area (Å²) in [7, 11) is 0. The molecule has 0 aromatic heterocycles. The number of benzene rings is 2. The Hall–Kier alpha value is -2.89. The van der Waals surface area contributed by atoms with Crippen LogP contribution in [0.2, 0.25) is 0 Å². The van der Waals surface area contributed by atoms with E-state index in [1.54, 1.807) is 36.4 Å². The van der Waals surface area contributed by atoms with Crippen molar-refractivity contribution in [2.75, 3.05) is 6.61 Å². The lowest BCUT2D eigenvalue weighted by Gasteiger charge is -2.22. The SMILES string of the molecule is CCOc1ccccc1C(=O)N[C@H](C(=O)NCc1ccc(F)cc1)C(C)C. The molecule has 0 spiro atoms. The van der Waals surface area contributed by atoms with E-state index < -0.39 is 6.04 Å². The molecule has 0 radical (unpaired) electrons. The molecule has 2 N–H and O–H groups in total. The molecule has 5 nitrogen and oxygen atoms in total. The fourth-order valence-corrected chi connectivity index (χ4v) is 2.59. The molecular formula is C21H25FN2O3. The Balaban J connectivity index is 2.04. The molecule has 0 aliphatic rings. The van der Waals surface area contributed by atoms with Crippen molar-refractivity contribution < 1.29 is 18.7 Å². The first kappa shape index (κ1) is 20.4. The molecule has 0 unspecified atom stereocenters. The Labute approximate surface area is 158 Å². The van der Waals surface area contributed by atoms with E-state index in [-0.39, 0.29) is 30.1 Å². The second-order valence-electron chi connectivity index (χ2n) is 6.47. The molecular weight excluding hydrogens is 347 g/mol. The van der Waals surface area contributed by atoms with Gasteiger partial charge in [0.25, 0.3) is 5.91 Å². The first-order valence-electron chi connectivity index (χ1n) is 8.97. The van der Waals surface area contributed by atoms with Crippen LogP contribution in [0.5, 0.6) is 5.75 Å². The molecule has 0 bridgehead atoms. The fourth-order valence-electron chi connectivity index (χ4n) is 2.59. The predicted molar refractivity (Wildman–Crippen MR) is 102 cm³/mol. The molecule has 2 aromatic rings. The summed E-state index contributed by atoms with van der Waals surface area (Å²) in [4.78, 5) is 25.2. The molecule has 144 valence electrons. The van der Waals surface area contributed by atoms with Crippen LogP contribution in [0.1, 0.15) is 36.7 Å². The Morgan fingerprint density at radius 3 is 2.37 bits per heavy atom. The molecule has 1 atom stereocenters. The lowest BCUT2D eigenvalue weighted by atomic mass is 10.0. The van der Waals surface area contributed by atoms with Gasteiger partial charge in [0, 0.05) is 6.54 Å². The second kappa shape index (κ2) is 9.71. The van der Waals surface area contributed by atoms with Crippen LogP contribution in [0, 0.1) is 11.7 Å². The van der Waals surface area contributed by atoms with E-state index >= 15 is 0 Å². The highest BCUT2D eigenvalue weighted by Crippen LogP contribution is 2.18. The molecule has 27 heavy (non-hydrogen) atoms. The van der Waals surface area contributed by atoms with E-state index in [1.165, 1.54) is 12.1 Å². The summed E-state index contributed by atoms with van der Waals surface area (Å²) >= 11 is 0. The largest absolute Gasteiger partial charge is 0.493 e. The molecule has 2 amide bonds. The molecule has 0 saturated heterocycles. The number of nitrogens with one attached hydrogen (secondary N) is 2. The van der Waals surface area contributed by atoms with Gasteiger partial charge in [-0.05, 0) is 42.7 Å². The van der Waals surface area contributed by atoms with Crippen molar-refractivity contribution in [1.29, 1.82) is 0 Å². The van der Waals surface area contributed by atoms with Crippen molar-refractivity contribution in [2.24, 2.45) is 5.92 Å². The molecule has 0 aliphatic carbocycles. The normalized spacial score (nSPS) is 11.7. The highest BCUT2D eigenvalue weighted by atomic mass is 19.1. The minimum Gasteiger partial charge on any atom is -0.493 e. The maximum Gasteiger partial charge on any atom is 0.255 e. The minimum atomic E-state index is -0.701. The van der Waals surface area contributed by atoms with E-state index in [4.69, 9.17) is 4.74 Å². The van der Waals surface area contributed by atoms with Crippen LogP contribution in [-0.4, -0.2) is 24.5 Å². The third-order valence-electron chi connectivity index (χ3n) is 4.05. The van der Waals surface area contributed by atoms with Gasteiger partial charge in [0.1, 0.15) is 17.6 Å². The zero-order chi connectivity index (χ0) is 19.8. The molecule has 2 aromatic carbocycles. The van der Waals surface area contributed by atoms with Crippen molar-refractivity contribution in [3.63, 3.8) is 0 Å². The highest BCUT2D eigenvalue weighted by molar-refractivity contribution is 5.99. The molecule has 6 heteroatoms. The summed E-state index contributed by atoms with van der Waals surface area (Å²) in [6, 6.07) is 12.1. The lowest BCUT2D eigenvalue weighted by molar-refractivity contribution is -0.124. The molecule has 0 fully saturated rings. The van der Waals surface area contributed by atoms with Crippen LogP contribution in [0.4, 0.5) is 4.39 Å². The number of para-hydroxylation sites is 1. The Bertz CT molecular complexity index is 775. The monoisotopic (exact) mass is 372 g/mol. The summed E-state index contributed by atoms with van der Waals surface area (Å²) in [5.74, 6) is -0.621. The summed E-state index contributed by atoms with van der Waals surface area (Å²) in [6.45, 7) is 6.26. The van der Waals surface area contributed by atoms with Gasteiger partial charge in [0.05, 0.1) is 12.2 Å². The number of hydrogen-bond donors (Lipinski definition) is 2. The van der Waals surface area contributed by atoms with Gasteiger partial charge in [-0.3, -0.25) is 9.59 Å². The smallest absolute Gasteiger partial charge is 0.255 e. The number of ether oxygens (including phenoxy) is 1.